The molecule has 5 nitrogen and oxygen atoms in total. The fraction of sp³-hybridized carbons (Fsp3) is 0.348. The number of nitrogens with one attached hydrogen (secondary N) is 1. The van der Waals surface area contributed by atoms with E-state index in [2.05, 4.69) is 62.4 Å². The molecule has 0 bridgehead atoms. The van der Waals surface area contributed by atoms with Gasteiger partial charge in [-0.05, 0) is 29.0 Å². The van der Waals surface area contributed by atoms with Gasteiger partial charge in [-0.2, -0.15) is 5.10 Å². The summed E-state index contributed by atoms with van der Waals surface area (Å²) in [5.41, 5.74) is 2.38. The van der Waals surface area contributed by atoms with E-state index in [0.29, 0.717) is 16.7 Å². The van der Waals surface area contributed by atoms with Crippen molar-refractivity contribution in [2.45, 2.75) is 39.7 Å². The highest BCUT2D eigenvalue weighted by molar-refractivity contribution is 6.04. The minimum absolute atomic E-state index is 0.147. The quantitative estimate of drug-likeness (QED) is 0.725. The summed E-state index contributed by atoms with van der Waals surface area (Å²) < 4.78 is 1.22. The first-order valence-corrected chi connectivity index (χ1v) is 9.66. The number of benzene rings is 2. The SMILES string of the molecule is CC(C)c1ccc([C@H](NC(=O)c2nn(C)c(=O)c3ccccc23)C(C)C)cc1. The van der Waals surface area contributed by atoms with E-state index in [1.807, 2.05) is 6.07 Å². The molecule has 1 aromatic heterocycles. The summed E-state index contributed by atoms with van der Waals surface area (Å²) in [6.07, 6.45) is 0. The molecule has 0 saturated heterocycles. The van der Waals surface area contributed by atoms with Crippen LogP contribution in [0.25, 0.3) is 10.8 Å². The molecule has 3 rings (SSSR count). The molecule has 0 unspecified atom stereocenters. The van der Waals surface area contributed by atoms with E-state index in [4.69, 9.17) is 0 Å². The number of rotatable bonds is 5. The van der Waals surface area contributed by atoms with Gasteiger partial charge in [0.05, 0.1) is 11.4 Å². The van der Waals surface area contributed by atoms with Crippen molar-refractivity contribution in [2.24, 2.45) is 13.0 Å². The van der Waals surface area contributed by atoms with Crippen LogP contribution in [0.1, 0.15) is 61.3 Å². The van der Waals surface area contributed by atoms with Gasteiger partial charge in [0.2, 0.25) is 0 Å². The van der Waals surface area contributed by atoms with E-state index in [9.17, 15) is 9.59 Å². The number of carbonyl (C=O) groups is 1. The molecule has 0 spiro atoms. The Labute approximate surface area is 165 Å². The second-order valence-electron chi connectivity index (χ2n) is 7.84. The second-order valence-corrected chi connectivity index (χ2v) is 7.84. The summed E-state index contributed by atoms with van der Waals surface area (Å²) in [6.45, 7) is 8.47. The lowest BCUT2D eigenvalue weighted by Crippen LogP contribution is -2.34. The molecule has 1 amide bonds. The van der Waals surface area contributed by atoms with Crippen LogP contribution in [0, 0.1) is 5.92 Å². The van der Waals surface area contributed by atoms with Gasteiger partial charge < -0.3 is 5.32 Å². The van der Waals surface area contributed by atoms with Gasteiger partial charge in [0.25, 0.3) is 11.5 Å². The molecule has 1 atom stereocenters. The largest absolute Gasteiger partial charge is 0.344 e. The summed E-state index contributed by atoms with van der Waals surface area (Å²) in [7, 11) is 1.57. The summed E-state index contributed by atoms with van der Waals surface area (Å²) in [5, 5.41) is 8.42. The third kappa shape index (κ3) is 3.84. The van der Waals surface area contributed by atoms with Crippen LogP contribution in [0.3, 0.4) is 0 Å². The summed E-state index contributed by atoms with van der Waals surface area (Å²) in [6, 6.07) is 15.3. The van der Waals surface area contributed by atoms with Crippen LogP contribution < -0.4 is 10.9 Å². The average Bonchev–Trinajstić information content (AvgIpc) is 2.68. The number of nitrogens with zero attached hydrogens (tertiary/aromatic N) is 2. The van der Waals surface area contributed by atoms with E-state index in [1.165, 1.54) is 10.2 Å². The Morgan fingerprint density at radius 1 is 0.929 bits per heavy atom. The smallest absolute Gasteiger partial charge is 0.274 e. The van der Waals surface area contributed by atoms with E-state index in [1.54, 1.807) is 25.2 Å². The maximum atomic E-state index is 13.1. The fourth-order valence-corrected chi connectivity index (χ4v) is 3.40. The Kier molecular flexibility index (Phi) is 5.63. The Bertz CT molecular complexity index is 1050. The number of carbonyl (C=O) groups excluding carboxylic acids is 1. The molecule has 0 aliphatic heterocycles. The van der Waals surface area contributed by atoms with Crippen molar-refractivity contribution in [2.75, 3.05) is 0 Å². The van der Waals surface area contributed by atoms with Gasteiger partial charge in [-0.1, -0.05) is 70.2 Å². The Hall–Kier alpha value is -2.95. The predicted molar refractivity (Wildman–Crippen MR) is 113 cm³/mol. The number of aryl methyl sites for hydroxylation is 1. The van der Waals surface area contributed by atoms with Crippen molar-refractivity contribution >= 4 is 16.7 Å². The van der Waals surface area contributed by atoms with Crippen LogP contribution in [-0.4, -0.2) is 15.7 Å². The zero-order chi connectivity index (χ0) is 20.4. The van der Waals surface area contributed by atoms with Crippen LogP contribution in [0.5, 0.6) is 0 Å². The van der Waals surface area contributed by atoms with E-state index < -0.39 is 0 Å². The van der Waals surface area contributed by atoms with Gasteiger partial charge in [-0.25, -0.2) is 4.68 Å². The summed E-state index contributed by atoms with van der Waals surface area (Å²) in [5.74, 6) is 0.383. The molecular weight excluding hydrogens is 350 g/mol. The van der Waals surface area contributed by atoms with Crippen LogP contribution in [-0.2, 0) is 7.05 Å². The first-order valence-electron chi connectivity index (χ1n) is 9.66. The van der Waals surface area contributed by atoms with Gasteiger partial charge in [0, 0.05) is 12.4 Å². The van der Waals surface area contributed by atoms with Crippen LogP contribution in [0.4, 0.5) is 0 Å². The summed E-state index contributed by atoms with van der Waals surface area (Å²) >= 11 is 0. The lowest BCUT2D eigenvalue weighted by atomic mass is 9.93. The number of hydrogen-bond donors (Lipinski definition) is 1. The molecule has 1 N–H and O–H groups in total. The fourth-order valence-electron chi connectivity index (χ4n) is 3.40. The van der Waals surface area contributed by atoms with E-state index >= 15 is 0 Å². The van der Waals surface area contributed by atoms with Gasteiger partial charge in [-0.3, -0.25) is 9.59 Å². The second kappa shape index (κ2) is 7.97. The Balaban J connectivity index is 1.97. The average molecular weight is 377 g/mol. The highest BCUT2D eigenvalue weighted by Crippen LogP contribution is 2.25. The zero-order valence-electron chi connectivity index (χ0n) is 17.1. The third-order valence-corrected chi connectivity index (χ3v) is 5.09. The topological polar surface area (TPSA) is 64.0 Å². The highest BCUT2D eigenvalue weighted by Gasteiger charge is 2.22. The maximum absolute atomic E-state index is 13.1. The minimum Gasteiger partial charge on any atom is -0.344 e. The lowest BCUT2D eigenvalue weighted by molar-refractivity contribution is 0.0920. The zero-order valence-corrected chi connectivity index (χ0v) is 17.1. The summed E-state index contributed by atoms with van der Waals surface area (Å²) in [4.78, 5) is 25.4. The van der Waals surface area contributed by atoms with Crippen molar-refractivity contribution < 1.29 is 4.79 Å². The first-order chi connectivity index (χ1) is 13.3. The minimum atomic E-state index is -0.279. The predicted octanol–water partition coefficient (Wildman–Crippen LogP) is 4.18. The van der Waals surface area contributed by atoms with Crippen molar-refractivity contribution in [1.82, 2.24) is 15.1 Å². The van der Waals surface area contributed by atoms with Gasteiger partial charge in [-0.15, -0.1) is 0 Å². The lowest BCUT2D eigenvalue weighted by Gasteiger charge is -2.23. The third-order valence-electron chi connectivity index (χ3n) is 5.09. The van der Waals surface area contributed by atoms with E-state index in [0.717, 1.165) is 5.56 Å². The standard InChI is InChI=1S/C23H27N3O2/c1-14(2)16-10-12-17(13-11-16)20(15(3)4)24-22(27)21-18-8-6-7-9-19(18)23(28)26(5)25-21/h6-15,20H,1-5H3,(H,24,27)/t20-/m1/s1. The molecule has 0 fully saturated rings. The molecule has 2 aromatic carbocycles. The maximum Gasteiger partial charge on any atom is 0.274 e. The molecule has 1 heterocycles. The molecule has 0 aliphatic carbocycles. The van der Waals surface area contributed by atoms with Crippen LogP contribution in [0.2, 0.25) is 0 Å². The molecule has 5 heteroatoms. The van der Waals surface area contributed by atoms with Gasteiger partial charge in [0.15, 0.2) is 5.69 Å². The molecule has 28 heavy (non-hydrogen) atoms. The highest BCUT2D eigenvalue weighted by atomic mass is 16.2. The number of aromatic nitrogens is 2. The van der Waals surface area contributed by atoms with Gasteiger partial charge >= 0.3 is 0 Å². The van der Waals surface area contributed by atoms with Gasteiger partial charge in [0.1, 0.15) is 0 Å². The number of fused-ring (bicyclic) bond motifs is 1. The Morgan fingerprint density at radius 3 is 2.07 bits per heavy atom. The van der Waals surface area contributed by atoms with Crippen molar-refractivity contribution in [3.63, 3.8) is 0 Å². The molecule has 0 radical (unpaired) electrons. The van der Waals surface area contributed by atoms with Crippen molar-refractivity contribution in [3.8, 4) is 0 Å². The first kappa shape index (κ1) is 19.8. The van der Waals surface area contributed by atoms with Crippen molar-refractivity contribution in [1.29, 1.82) is 0 Å². The molecular formula is C23H27N3O2. The Morgan fingerprint density at radius 2 is 1.50 bits per heavy atom. The van der Waals surface area contributed by atoms with Crippen LogP contribution in [0.15, 0.2) is 53.3 Å². The molecule has 146 valence electrons. The normalized spacial score (nSPS) is 12.5. The number of amides is 1. The molecule has 0 aliphatic rings. The van der Waals surface area contributed by atoms with Crippen molar-refractivity contribution in [3.05, 3.63) is 75.7 Å². The molecule has 3 aromatic rings. The van der Waals surface area contributed by atoms with Crippen LogP contribution >= 0.6 is 0 Å². The monoisotopic (exact) mass is 377 g/mol. The molecule has 0 saturated carbocycles. The van der Waals surface area contributed by atoms with E-state index in [-0.39, 0.29) is 29.1 Å². The number of hydrogen-bond acceptors (Lipinski definition) is 3.